The minimum atomic E-state index is -1.19. The van der Waals surface area contributed by atoms with E-state index in [0.717, 1.165) is 23.8 Å². The van der Waals surface area contributed by atoms with Crippen molar-refractivity contribution in [2.24, 2.45) is 5.92 Å². The van der Waals surface area contributed by atoms with Crippen LogP contribution in [0.25, 0.3) is 0 Å². The number of aromatic nitrogens is 5. The van der Waals surface area contributed by atoms with Crippen molar-refractivity contribution in [3.05, 3.63) is 29.8 Å². The summed E-state index contributed by atoms with van der Waals surface area (Å²) < 4.78 is 7.40. The van der Waals surface area contributed by atoms with E-state index in [9.17, 15) is 9.90 Å². The van der Waals surface area contributed by atoms with E-state index in [-0.39, 0.29) is 6.73 Å². The Labute approximate surface area is 179 Å². The first-order valence-electron chi connectivity index (χ1n) is 10.4. The molecule has 10 heteroatoms. The predicted molar refractivity (Wildman–Crippen MR) is 118 cm³/mol. The van der Waals surface area contributed by atoms with Crippen LogP contribution in [0, 0.1) is 5.92 Å². The molecule has 1 unspecified atom stereocenters. The van der Waals surface area contributed by atoms with Crippen LogP contribution in [0.5, 0.6) is 0 Å². The molecule has 30 heavy (non-hydrogen) atoms. The van der Waals surface area contributed by atoms with Crippen LogP contribution in [0.2, 0.25) is 25.7 Å². The topological polar surface area (TPSA) is 115 Å². The lowest BCUT2D eigenvalue weighted by molar-refractivity contribution is -0.143. The van der Waals surface area contributed by atoms with Crippen molar-refractivity contribution in [3.63, 3.8) is 0 Å². The molecule has 166 valence electrons. The predicted octanol–water partition coefficient (Wildman–Crippen LogP) is 3.25. The maximum absolute atomic E-state index is 12.1. The minimum absolute atomic E-state index is 0.216. The van der Waals surface area contributed by atoms with Gasteiger partial charge in [0.2, 0.25) is 0 Å². The van der Waals surface area contributed by atoms with E-state index in [1.54, 1.807) is 10.9 Å². The lowest BCUT2D eigenvalue weighted by atomic mass is 9.84. The van der Waals surface area contributed by atoms with Crippen molar-refractivity contribution >= 4 is 19.7 Å². The highest BCUT2D eigenvalue weighted by molar-refractivity contribution is 6.76. The molecule has 0 radical (unpaired) electrons. The summed E-state index contributed by atoms with van der Waals surface area (Å²) >= 11 is 0. The molecule has 2 atom stereocenters. The third-order valence-corrected chi connectivity index (χ3v) is 6.75. The molecular formula is C20H34N6O3Si. The zero-order chi connectivity index (χ0) is 22.1. The molecule has 0 amide bonds. The number of carboxylic acids is 1. The van der Waals surface area contributed by atoms with Gasteiger partial charge in [0.15, 0.2) is 5.82 Å². The number of carbonyl (C=O) groups is 1. The first-order valence-corrected chi connectivity index (χ1v) is 14.1. The Hall–Kier alpha value is -2.33. The zero-order valence-electron chi connectivity index (χ0n) is 18.6. The Morgan fingerprint density at radius 1 is 1.33 bits per heavy atom. The number of ether oxygens (including phenoxy) is 1. The number of pyridine rings is 1. The number of carboxylic acid groups (broad SMARTS) is 1. The molecule has 0 aromatic carbocycles. The van der Waals surface area contributed by atoms with Gasteiger partial charge >= 0.3 is 5.97 Å². The second-order valence-electron chi connectivity index (χ2n) is 8.72. The van der Waals surface area contributed by atoms with Gasteiger partial charge in [0, 0.05) is 39.8 Å². The van der Waals surface area contributed by atoms with E-state index in [1.807, 2.05) is 26.1 Å². The van der Waals surface area contributed by atoms with Crippen LogP contribution in [-0.2, 0) is 22.7 Å². The summed E-state index contributed by atoms with van der Waals surface area (Å²) in [5.41, 5.74) is 1.70. The number of hydrogen-bond acceptors (Lipinski definition) is 7. The molecule has 2 aromatic rings. The third kappa shape index (κ3) is 7.17. The van der Waals surface area contributed by atoms with Crippen LogP contribution in [0.4, 0.5) is 5.69 Å². The molecule has 9 nitrogen and oxygen atoms in total. The lowest BCUT2D eigenvalue weighted by Gasteiger charge is -2.23. The molecule has 2 rings (SSSR count). The average Bonchev–Trinajstić information content (AvgIpc) is 3.16. The second kappa shape index (κ2) is 11.2. The summed E-state index contributed by atoms with van der Waals surface area (Å²) in [6.45, 7) is 9.73. The summed E-state index contributed by atoms with van der Waals surface area (Å²) in [7, 11) is 0.637. The molecule has 0 saturated heterocycles. The van der Waals surface area contributed by atoms with Crippen molar-refractivity contribution in [2.45, 2.75) is 64.5 Å². The van der Waals surface area contributed by atoms with Crippen molar-refractivity contribution in [2.75, 3.05) is 19.0 Å². The highest BCUT2D eigenvalue weighted by Crippen LogP contribution is 2.30. The third-order valence-electron chi connectivity index (χ3n) is 5.05. The molecule has 2 N–H and O–H groups in total. The van der Waals surface area contributed by atoms with Crippen molar-refractivity contribution in [1.82, 2.24) is 25.2 Å². The van der Waals surface area contributed by atoms with Crippen LogP contribution in [0.15, 0.2) is 18.3 Å². The molecule has 0 bridgehead atoms. The van der Waals surface area contributed by atoms with Crippen molar-refractivity contribution < 1.29 is 14.6 Å². The van der Waals surface area contributed by atoms with Gasteiger partial charge in [0.1, 0.15) is 6.73 Å². The van der Waals surface area contributed by atoms with E-state index in [1.165, 1.54) is 0 Å². The number of nitrogens with one attached hydrogen (secondary N) is 1. The van der Waals surface area contributed by atoms with Gasteiger partial charge in [-0.05, 0) is 35.0 Å². The van der Waals surface area contributed by atoms with Crippen LogP contribution in [-0.4, -0.2) is 58.0 Å². The Bertz CT molecular complexity index is 791. The van der Waals surface area contributed by atoms with Gasteiger partial charge in [-0.1, -0.05) is 33.0 Å². The van der Waals surface area contributed by atoms with Crippen LogP contribution >= 0.6 is 0 Å². The summed E-state index contributed by atoms with van der Waals surface area (Å²) in [5.74, 6) is -1.32. The largest absolute Gasteiger partial charge is 0.481 e. The normalized spacial score (nSPS) is 13.8. The van der Waals surface area contributed by atoms with Gasteiger partial charge in [-0.15, -0.1) is 5.10 Å². The monoisotopic (exact) mass is 434 g/mol. The molecule has 0 aliphatic heterocycles. The van der Waals surface area contributed by atoms with Crippen molar-refractivity contribution in [3.8, 4) is 0 Å². The standard InChI is InChI=1S/C20H34N6O3Si/c1-6-7-17(20(27)28)18(12-15-8-9-16(21-2)13-22-15)19-23-24-25-26(19)14-29-10-11-30(3,4)5/h8-9,13,17-18,21H,6-7,10-12,14H2,1-5H3,(H,27,28)/t17?,18-/m0/s1. The Kier molecular flexibility index (Phi) is 8.91. The molecule has 0 saturated carbocycles. The van der Waals surface area contributed by atoms with Gasteiger partial charge in [-0.2, -0.15) is 0 Å². The Morgan fingerprint density at radius 2 is 2.10 bits per heavy atom. The van der Waals surface area contributed by atoms with Gasteiger partial charge in [-0.3, -0.25) is 9.78 Å². The van der Waals surface area contributed by atoms with E-state index >= 15 is 0 Å². The highest BCUT2D eigenvalue weighted by atomic mass is 28.3. The summed E-state index contributed by atoms with van der Waals surface area (Å²) in [6, 6.07) is 4.88. The van der Waals surface area contributed by atoms with E-state index in [4.69, 9.17) is 4.74 Å². The minimum Gasteiger partial charge on any atom is -0.481 e. The van der Waals surface area contributed by atoms with Gasteiger partial charge in [0.25, 0.3) is 0 Å². The zero-order valence-corrected chi connectivity index (χ0v) is 19.6. The Morgan fingerprint density at radius 3 is 2.67 bits per heavy atom. The highest BCUT2D eigenvalue weighted by Gasteiger charge is 2.33. The number of hydrogen-bond donors (Lipinski definition) is 2. The van der Waals surface area contributed by atoms with Gasteiger partial charge in [-0.25, -0.2) is 4.68 Å². The molecular weight excluding hydrogens is 400 g/mol. The second-order valence-corrected chi connectivity index (χ2v) is 14.3. The molecule has 0 aliphatic carbocycles. The van der Waals surface area contributed by atoms with E-state index < -0.39 is 25.9 Å². The number of nitrogens with zero attached hydrogens (tertiary/aromatic N) is 5. The van der Waals surface area contributed by atoms with Gasteiger partial charge < -0.3 is 15.2 Å². The fourth-order valence-corrected chi connectivity index (χ4v) is 3.99. The molecule has 2 aromatic heterocycles. The van der Waals surface area contributed by atoms with Gasteiger partial charge in [0.05, 0.1) is 17.8 Å². The number of tetrazole rings is 1. The quantitative estimate of drug-likeness (QED) is 0.365. The molecule has 0 aliphatic rings. The first-order chi connectivity index (χ1) is 14.2. The SMILES string of the molecule is CCCC(C(=O)O)[C@H](Cc1ccc(NC)cn1)c1nnnn1COCC[Si](C)(C)C. The number of aliphatic carboxylic acids is 1. The molecule has 2 heterocycles. The van der Waals surface area contributed by atoms with Crippen LogP contribution in [0.1, 0.15) is 37.2 Å². The average molecular weight is 435 g/mol. The summed E-state index contributed by atoms with van der Waals surface area (Å²) in [5, 5.41) is 25.0. The van der Waals surface area contributed by atoms with Crippen LogP contribution in [0.3, 0.4) is 0 Å². The maximum atomic E-state index is 12.1. The number of anilines is 1. The fraction of sp³-hybridized carbons (Fsp3) is 0.650. The van der Waals surface area contributed by atoms with E-state index in [0.29, 0.717) is 25.3 Å². The summed E-state index contributed by atoms with van der Waals surface area (Å²) in [6.07, 6.45) is 3.48. The molecule has 0 fully saturated rings. The van der Waals surface area contributed by atoms with Crippen LogP contribution < -0.4 is 5.32 Å². The first kappa shape index (κ1) is 23.9. The lowest BCUT2D eigenvalue weighted by Crippen LogP contribution is -2.28. The van der Waals surface area contributed by atoms with E-state index in [2.05, 4.69) is 45.5 Å². The maximum Gasteiger partial charge on any atom is 0.307 e. The number of rotatable bonds is 13. The fourth-order valence-electron chi connectivity index (χ4n) is 3.24. The van der Waals surface area contributed by atoms with Crippen molar-refractivity contribution in [1.29, 1.82) is 0 Å². The summed E-state index contributed by atoms with van der Waals surface area (Å²) in [4.78, 5) is 16.5. The smallest absolute Gasteiger partial charge is 0.307 e. The molecule has 0 spiro atoms. The Balaban J connectivity index is 2.23.